The van der Waals surface area contributed by atoms with E-state index in [-0.39, 0.29) is 18.2 Å². The molecule has 6 rings (SSSR count). The molecule has 0 spiro atoms. The lowest BCUT2D eigenvalue weighted by atomic mass is 9.93. The van der Waals surface area contributed by atoms with Crippen LogP contribution in [0.1, 0.15) is 63.9 Å². The van der Waals surface area contributed by atoms with Gasteiger partial charge >= 0.3 is 0 Å². The van der Waals surface area contributed by atoms with Crippen molar-refractivity contribution in [2.45, 2.75) is 82.1 Å². The number of fused-ring (bicyclic) bond motifs is 3. The summed E-state index contributed by atoms with van der Waals surface area (Å²) in [4.78, 5) is 47.8. The van der Waals surface area contributed by atoms with Gasteiger partial charge in [-0.05, 0) is 77.3 Å². The van der Waals surface area contributed by atoms with Crippen molar-refractivity contribution in [2.24, 2.45) is 17.8 Å². The smallest absolute Gasteiger partial charge is 0.259 e. The Kier molecular flexibility index (Phi) is 9.12. The predicted octanol–water partition coefficient (Wildman–Crippen LogP) is 3.41. The monoisotopic (exact) mass is 668 g/mol. The van der Waals surface area contributed by atoms with Crippen LogP contribution in [0.15, 0.2) is 30.4 Å². The van der Waals surface area contributed by atoms with Crippen LogP contribution >= 0.6 is 0 Å². The second-order valence-corrected chi connectivity index (χ2v) is 15.2. The summed E-state index contributed by atoms with van der Waals surface area (Å²) < 4.78 is 45.5. The van der Waals surface area contributed by atoms with Crippen molar-refractivity contribution in [1.29, 1.82) is 0 Å². The zero-order chi connectivity index (χ0) is 33.5. The number of rotatable bonds is 8. The molecule has 13 heteroatoms. The highest BCUT2D eigenvalue weighted by Crippen LogP contribution is 2.47. The van der Waals surface area contributed by atoms with Gasteiger partial charge in [-0.25, -0.2) is 13.4 Å². The Bertz CT molecular complexity index is 1710. The standard InChI is InChI=1S/C34H44N4O8S/c1-5-45-29-18-28(24-13-14-27(44-4)20(2)30(24)35-29)46-22-16-25-26(17-22)32(40)38(3)15-9-7-6-8-10-21-19-34(21,36-31(25)39)33(41)37-47(42,43)23-11-12-23/h8,10,13-14,18,21-23,25-26H,5-7,9,11-12,15-17,19H2,1-4H3,(H,36,39)(H,37,41)/b10-8-/t21-,22-,25-,26-,34+/m1/s1. The molecule has 1 aromatic heterocycles. The van der Waals surface area contributed by atoms with Crippen LogP contribution in [0.3, 0.4) is 0 Å². The van der Waals surface area contributed by atoms with Gasteiger partial charge in [-0.3, -0.25) is 19.1 Å². The van der Waals surface area contributed by atoms with Crippen LogP contribution in [0.25, 0.3) is 10.9 Å². The van der Waals surface area contributed by atoms with Crippen molar-refractivity contribution in [2.75, 3.05) is 27.3 Å². The number of nitrogens with one attached hydrogen (secondary N) is 2. The van der Waals surface area contributed by atoms with Gasteiger partial charge in [0.15, 0.2) is 0 Å². The van der Waals surface area contributed by atoms with Crippen LogP contribution in [0.4, 0.5) is 0 Å². The Hall–Kier alpha value is -3.87. The van der Waals surface area contributed by atoms with Crippen LogP contribution in [0.5, 0.6) is 17.4 Å². The minimum Gasteiger partial charge on any atom is -0.496 e. The highest BCUT2D eigenvalue weighted by atomic mass is 32.2. The van der Waals surface area contributed by atoms with Crippen LogP contribution < -0.4 is 24.2 Å². The minimum atomic E-state index is -3.81. The third-order valence-corrected chi connectivity index (χ3v) is 11.7. The molecule has 3 saturated carbocycles. The van der Waals surface area contributed by atoms with Crippen molar-refractivity contribution in [1.82, 2.24) is 19.9 Å². The molecule has 3 amide bonds. The lowest BCUT2D eigenvalue weighted by Gasteiger charge is -2.26. The van der Waals surface area contributed by atoms with Gasteiger partial charge < -0.3 is 24.4 Å². The Morgan fingerprint density at radius 1 is 1.15 bits per heavy atom. The molecule has 5 atom stereocenters. The first-order valence-electron chi connectivity index (χ1n) is 16.5. The molecule has 2 heterocycles. The van der Waals surface area contributed by atoms with Gasteiger partial charge in [-0.1, -0.05) is 12.2 Å². The third-order valence-electron chi connectivity index (χ3n) is 9.93. The van der Waals surface area contributed by atoms with Crippen LogP contribution in [0.2, 0.25) is 0 Å². The second-order valence-electron chi connectivity index (χ2n) is 13.2. The summed E-state index contributed by atoms with van der Waals surface area (Å²) in [5.41, 5.74) is 0.104. The van der Waals surface area contributed by atoms with E-state index in [4.69, 9.17) is 14.2 Å². The van der Waals surface area contributed by atoms with Gasteiger partial charge in [0, 0.05) is 36.5 Å². The normalized spacial score (nSPS) is 28.8. The molecule has 2 aromatic rings. The molecule has 3 fully saturated rings. The number of benzene rings is 1. The number of carbonyl (C=O) groups is 3. The average Bonchev–Trinajstić information content (AvgIpc) is 3.96. The number of hydrogen-bond acceptors (Lipinski definition) is 9. The van der Waals surface area contributed by atoms with Gasteiger partial charge in [0.2, 0.25) is 27.7 Å². The van der Waals surface area contributed by atoms with E-state index in [1.54, 1.807) is 25.1 Å². The molecule has 12 nitrogen and oxygen atoms in total. The van der Waals surface area contributed by atoms with Crippen molar-refractivity contribution in [3.8, 4) is 17.4 Å². The molecule has 0 radical (unpaired) electrons. The number of pyridine rings is 1. The first-order chi connectivity index (χ1) is 22.5. The van der Waals surface area contributed by atoms with E-state index in [0.717, 1.165) is 30.2 Å². The summed E-state index contributed by atoms with van der Waals surface area (Å²) in [5, 5.41) is 3.10. The van der Waals surface area contributed by atoms with Crippen molar-refractivity contribution in [3.05, 3.63) is 35.9 Å². The largest absolute Gasteiger partial charge is 0.496 e. The van der Waals surface area contributed by atoms with Gasteiger partial charge in [-0.2, -0.15) is 0 Å². The summed E-state index contributed by atoms with van der Waals surface area (Å²) >= 11 is 0. The topological polar surface area (TPSA) is 153 Å². The molecule has 4 aliphatic rings. The third kappa shape index (κ3) is 6.63. The molecular formula is C34H44N4O8S. The molecule has 1 aromatic carbocycles. The van der Waals surface area contributed by atoms with Gasteiger partial charge in [0.25, 0.3) is 5.91 Å². The number of sulfonamides is 1. The van der Waals surface area contributed by atoms with E-state index in [9.17, 15) is 22.8 Å². The number of ether oxygens (including phenoxy) is 3. The first kappa shape index (κ1) is 33.0. The van der Waals surface area contributed by atoms with E-state index in [1.807, 2.05) is 38.1 Å². The molecular weight excluding hydrogens is 624 g/mol. The number of hydrogen-bond donors (Lipinski definition) is 2. The van der Waals surface area contributed by atoms with E-state index >= 15 is 0 Å². The molecule has 0 unspecified atom stereocenters. The number of aromatic nitrogens is 1. The fraction of sp³-hybridized carbons (Fsp3) is 0.588. The maximum atomic E-state index is 14.1. The van der Waals surface area contributed by atoms with Gasteiger partial charge in [-0.15, -0.1) is 0 Å². The number of methoxy groups -OCH3 is 1. The first-order valence-corrected chi connectivity index (χ1v) is 18.1. The number of carbonyl (C=O) groups excluding carboxylic acids is 3. The highest BCUT2D eigenvalue weighted by molar-refractivity contribution is 7.91. The summed E-state index contributed by atoms with van der Waals surface area (Å²) in [7, 11) is -0.465. The SMILES string of the molecule is CCOc1cc(O[C@@H]2C[C@H]3C(=O)N[C@@]4(C(=O)NS(=O)(=O)C5CC5)C[C@H]4/C=C\CCCCN(C)C(=O)[C@@H]3C2)c2ccc(OC)c(C)c2n1. The van der Waals surface area contributed by atoms with E-state index in [0.29, 0.717) is 61.7 Å². The fourth-order valence-electron chi connectivity index (χ4n) is 6.97. The predicted molar refractivity (Wildman–Crippen MR) is 175 cm³/mol. The van der Waals surface area contributed by atoms with Crippen molar-refractivity contribution in [3.63, 3.8) is 0 Å². The molecule has 1 aliphatic heterocycles. The van der Waals surface area contributed by atoms with Crippen LogP contribution in [-0.2, 0) is 24.4 Å². The Balaban J connectivity index is 1.30. The number of aryl methyl sites for hydroxylation is 1. The number of allylic oxidation sites excluding steroid dienone is 1. The van der Waals surface area contributed by atoms with Crippen LogP contribution in [0, 0.1) is 24.7 Å². The summed E-state index contributed by atoms with van der Waals surface area (Å²) in [6.07, 6.45) is 7.62. The number of nitrogens with zero attached hydrogens (tertiary/aromatic N) is 2. The fourth-order valence-corrected chi connectivity index (χ4v) is 8.33. The lowest BCUT2D eigenvalue weighted by Crippen LogP contribution is -2.54. The van der Waals surface area contributed by atoms with Gasteiger partial charge in [0.05, 0.1) is 36.3 Å². The van der Waals surface area contributed by atoms with E-state index < -0.39 is 50.6 Å². The Morgan fingerprint density at radius 2 is 1.91 bits per heavy atom. The number of amides is 3. The zero-order valence-electron chi connectivity index (χ0n) is 27.4. The summed E-state index contributed by atoms with van der Waals surface area (Å²) in [5.74, 6) is -1.54. The van der Waals surface area contributed by atoms with Crippen LogP contribution in [-0.4, -0.2) is 80.2 Å². The Morgan fingerprint density at radius 3 is 2.64 bits per heavy atom. The lowest BCUT2D eigenvalue weighted by molar-refractivity contribution is -0.140. The average molecular weight is 669 g/mol. The Labute approximate surface area is 275 Å². The minimum absolute atomic E-state index is 0.152. The maximum absolute atomic E-state index is 14.1. The van der Waals surface area contributed by atoms with Crippen molar-refractivity contribution >= 4 is 38.6 Å². The summed E-state index contributed by atoms with van der Waals surface area (Å²) in [6, 6.07) is 5.44. The molecule has 0 saturated heterocycles. The molecule has 47 heavy (non-hydrogen) atoms. The molecule has 2 N–H and O–H groups in total. The molecule has 0 bridgehead atoms. The van der Waals surface area contributed by atoms with E-state index in [1.165, 1.54) is 0 Å². The molecule has 254 valence electrons. The highest BCUT2D eigenvalue weighted by Gasteiger charge is 2.62. The zero-order valence-corrected chi connectivity index (χ0v) is 28.2. The van der Waals surface area contributed by atoms with Crippen molar-refractivity contribution < 1.29 is 37.0 Å². The maximum Gasteiger partial charge on any atom is 0.259 e. The van der Waals surface area contributed by atoms with Gasteiger partial charge in [0.1, 0.15) is 23.1 Å². The quantitative estimate of drug-likeness (QED) is 0.403. The second kappa shape index (κ2) is 13.0. The summed E-state index contributed by atoms with van der Waals surface area (Å²) in [6.45, 7) is 4.75. The molecule has 3 aliphatic carbocycles. The van der Waals surface area contributed by atoms with E-state index in [2.05, 4.69) is 15.0 Å².